The van der Waals surface area contributed by atoms with Gasteiger partial charge in [0, 0.05) is 28.1 Å². The number of nitrogens with one attached hydrogen (secondary N) is 2. The third-order valence-corrected chi connectivity index (χ3v) is 8.13. The molecule has 0 unspecified atom stereocenters. The van der Waals surface area contributed by atoms with Crippen molar-refractivity contribution in [3.63, 3.8) is 0 Å². The molecular formula is C27H33N3O3S. The molecule has 1 aliphatic rings. The number of amides is 1. The number of carbonyl (C=O) groups is 1. The Morgan fingerprint density at radius 3 is 2.41 bits per heavy atom. The standard InChI is InChI=1S/C27H33N3O3S/c1-3-4-17-30-18-15-21(16-19-30)29-34(32,33)26-14-8-11-23-24(26)12-7-13-25(23)28-27(31)22-10-6-5-9-20(22)2/h5-14,21,29H,3-4,15-19H2,1-2H3,(H,28,31). The van der Waals surface area contributed by atoms with Gasteiger partial charge in [-0.3, -0.25) is 4.79 Å². The maximum absolute atomic E-state index is 13.4. The molecule has 4 rings (SSSR count). The normalized spacial score (nSPS) is 15.5. The van der Waals surface area contributed by atoms with Crippen molar-refractivity contribution in [3.05, 3.63) is 71.8 Å². The molecule has 0 aliphatic carbocycles. The number of hydrogen-bond acceptors (Lipinski definition) is 4. The molecule has 1 amide bonds. The van der Waals surface area contributed by atoms with Crippen LogP contribution in [0.2, 0.25) is 0 Å². The van der Waals surface area contributed by atoms with Crippen LogP contribution < -0.4 is 10.0 Å². The second-order valence-electron chi connectivity index (χ2n) is 9.02. The van der Waals surface area contributed by atoms with Gasteiger partial charge in [-0.15, -0.1) is 0 Å². The number of sulfonamides is 1. The molecule has 0 aromatic heterocycles. The summed E-state index contributed by atoms with van der Waals surface area (Å²) >= 11 is 0. The minimum atomic E-state index is -3.71. The van der Waals surface area contributed by atoms with E-state index in [1.54, 1.807) is 36.4 Å². The van der Waals surface area contributed by atoms with E-state index >= 15 is 0 Å². The quantitative estimate of drug-likeness (QED) is 0.480. The Hall–Kier alpha value is -2.74. The van der Waals surface area contributed by atoms with E-state index in [-0.39, 0.29) is 16.8 Å². The Bertz CT molecular complexity index is 1270. The van der Waals surface area contributed by atoms with E-state index in [2.05, 4.69) is 21.9 Å². The van der Waals surface area contributed by atoms with E-state index in [9.17, 15) is 13.2 Å². The first-order valence-corrected chi connectivity index (χ1v) is 13.5. The molecule has 0 spiro atoms. The molecule has 1 fully saturated rings. The van der Waals surface area contributed by atoms with Gasteiger partial charge in [0.1, 0.15) is 0 Å². The minimum Gasteiger partial charge on any atom is -0.321 e. The molecule has 1 saturated heterocycles. The van der Waals surface area contributed by atoms with Crippen molar-refractivity contribution < 1.29 is 13.2 Å². The Balaban J connectivity index is 1.55. The maximum Gasteiger partial charge on any atom is 0.255 e. The molecule has 34 heavy (non-hydrogen) atoms. The first kappa shape index (κ1) is 24.4. The fourth-order valence-corrected chi connectivity index (χ4v) is 6.11. The molecule has 0 radical (unpaired) electrons. The molecule has 6 nitrogen and oxygen atoms in total. The predicted molar refractivity (Wildman–Crippen MR) is 138 cm³/mol. The largest absolute Gasteiger partial charge is 0.321 e. The number of unbranched alkanes of at least 4 members (excludes halogenated alkanes) is 1. The highest BCUT2D eigenvalue weighted by Gasteiger charge is 2.26. The number of hydrogen-bond donors (Lipinski definition) is 2. The fourth-order valence-electron chi connectivity index (χ4n) is 4.58. The van der Waals surface area contributed by atoms with Crippen molar-refractivity contribution in [2.45, 2.75) is 50.5 Å². The highest BCUT2D eigenvalue weighted by atomic mass is 32.2. The van der Waals surface area contributed by atoms with Crippen LogP contribution in [0.3, 0.4) is 0 Å². The smallest absolute Gasteiger partial charge is 0.255 e. The van der Waals surface area contributed by atoms with Gasteiger partial charge in [-0.25, -0.2) is 13.1 Å². The Morgan fingerprint density at radius 2 is 1.68 bits per heavy atom. The Kier molecular flexibility index (Phi) is 7.66. The van der Waals surface area contributed by atoms with Gasteiger partial charge in [-0.2, -0.15) is 0 Å². The molecular weight excluding hydrogens is 446 g/mol. The summed E-state index contributed by atoms with van der Waals surface area (Å²) in [5, 5.41) is 4.26. The van der Waals surface area contributed by atoms with E-state index in [4.69, 9.17) is 0 Å². The third kappa shape index (κ3) is 5.49. The molecule has 180 valence electrons. The van der Waals surface area contributed by atoms with Crippen LogP contribution in [-0.2, 0) is 10.0 Å². The summed E-state index contributed by atoms with van der Waals surface area (Å²) in [5.74, 6) is -0.216. The Morgan fingerprint density at radius 1 is 0.971 bits per heavy atom. The van der Waals surface area contributed by atoms with E-state index in [0.29, 0.717) is 22.0 Å². The SMILES string of the molecule is CCCCN1CCC(NS(=O)(=O)c2cccc3c(NC(=O)c4ccccc4C)cccc23)CC1. The Labute approximate surface area is 202 Å². The molecule has 7 heteroatoms. The molecule has 0 atom stereocenters. The van der Waals surface area contributed by atoms with Crippen LogP contribution in [0.15, 0.2) is 65.6 Å². The number of carbonyl (C=O) groups excluding carboxylic acids is 1. The zero-order valence-electron chi connectivity index (χ0n) is 19.9. The van der Waals surface area contributed by atoms with Crippen molar-refractivity contribution in [2.24, 2.45) is 0 Å². The number of aryl methyl sites for hydroxylation is 1. The van der Waals surface area contributed by atoms with Crippen LogP contribution in [0.4, 0.5) is 5.69 Å². The summed E-state index contributed by atoms with van der Waals surface area (Å²) in [6.45, 7) is 6.99. The van der Waals surface area contributed by atoms with Gasteiger partial charge >= 0.3 is 0 Å². The number of likely N-dealkylation sites (tertiary alicyclic amines) is 1. The topological polar surface area (TPSA) is 78.5 Å². The van der Waals surface area contributed by atoms with Gasteiger partial charge in [0.05, 0.1) is 4.90 Å². The van der Waals surface area contributed by atoms with Crippen molar-refractivity contribution in [1.29, 1.82) is 0 Å². The summed E-state index contributed by atoms with van der Waals surface area (Å²) in [6, 6.07) is 17.9. The van der Waals surface area contributed by atoms with Crippen LogP contribution in [0.5, 0.6) is 0 Å². The van der Waals surface area contributed by atoms with Gasteiger partial charge < -0.3 is 10.2 Å². The summed E-state index contributed by atoms with van der Waals surface area (Å²) in [6.07, 6.45) is 3.97. The molecule has 0 bridgehead atoms. The van der Waals surface area contributed by atoms with Gasteiger partial charge in [-0.1, -0.05) is 55.8 Å². The lowest BCUT2D eigenvalue weighted by Crippen LogP contribution is -2.44. The molecule has 1 aliphatic heterocycles. The van der Waals surface area contributed by atoms with Crippen LogP contribution >= 0.6 is 0 Å². The minimum absolute atomic E-state index is 0.0675. The second kappa shape index (κ2) is 10.7. The summed E-state index contributed by atoms with van der Waals surface area (Å²) in [7, 11) is -3.71. The monoisotopic (exact) mass is 479 g/mol. The van der Waals surface area contributed by atoms with Crippen LogP contribution in [0.25, 0.3) is 10.8 Å². The van der Waals surface area contributed by atoms with Gasteiger partial charge in [0.25, 0.3) is 5.91 Å². The van der Waals surface area contributed by atoms with Crippen LogP contribution in [-0.4, -0.2) is 44.9 Å². The molecule has 2 N–H and O–H groups in total. The van der Waals surface area contributed by atoms with Crippen molar-refractivity contribution in [2.75, 3.05) is 25.0 Å². The summed E-state index contributed by atoms with van der Waals surface area (Å²) in [4.78, 5) is 15.5. The number of nitrogens with zero attached hydrogens (tertiary/aromatic N) is 1. The van der Waals surface area contributed by atoms with Crippen molar-refractivity contribution >= 4 is 32.4 Å². The van der Waals surface area contributed by atoms with Crippen molar-refractivity contribution in [1.82, 2.24) is 9.62 Å². The van der Waals surface area contributed by atoms with Gasteiger partial charge in [0.2, 0.25) is 10.0 Å². The second-order valence-corrected chi connectivity index (χ2v) is 10.7. The first-order chi connectivity index (χ1) is 16.4. The number of fused-ring (bicyclic) bond motifs is 1. The first-order valence-electron chi connectivity index (χ1n) is 12.0. The number of rotatable bonds is 8. The van der Waals surface area contributed by atoms with Gasteiger partial charge in [0.15, 0.2) is 0 Å². The highest BCUT2D eigenvalue weighted by molar-refractivity contribution is 7.89. The van der Waals surface area contributed by atoms with E-state index in [0.717, 1.165) is 38.0 Å². The third-order valence-electron chi connectivity index (χ3n) is 6.55. The molecule has 3 aromatic rings. The van der Waals surface area contributed by atoms with Gasteiger partial charge in [-0.05, 0) is 69.6 Å². The number of piperidine rings is 1. The zero-order valence-corrected chi connectivity index (χ0v) is 20.7. The van der Waals surface area contributed by atoms with E-state index in [1.807, 2.05) is 31.2 Å². The summed E-state index contributed by atoms with van der Waals surface area (Å²) < 4.78 is 29.6. The lowest BCUT2D eigenvalue weighted by atomic mass is 10.1. The fraction of sp³-hybridized carbons (Fsp3) is 0.370. The number of anilines is 1. The average molecular weight is 480 g/mol. The average Bonchev–Trinajstić information content (AvgIpc) is 2.83. The maximum atomic E-state index is 13.4. The molecule has 0 saturated carbocycles. The number of benzene rings is 3. The summed E-state index contributed by atoms with van der Waals surface area (Å²) in [5.41, 5.74) is 2.07. The van der Waals surface area contributed by atoms with Crippen LogP contribution in [0.1, 0.15) is 48.5 Å². The predicted octanol–water partition coefficient (Wildman–Crippen LogP) is 4.94. The lowest BCUT2D eigenvalue weighted by molar-refractivity contribution is 0.102. The van der Waals surface area contributed by atoms with Crippen molar-refractivity contribution in [3.8, 4) is 0 Å². The lowest BCUT2D eigenvalue weighted by Gasteiger charge is -2.32. The van der Waals surface area contributed by atoms with Crippen LogP contribution in [0, 0.1) is 6.92 Å². The molecule has 3 aromatic carbocycles. The zero-order chi connectivity index (χ0) is 24.1. The van der Waals surface area contributed by atoms with E-state index in [1.165, 1.54) is 12.8 Å². The van der Waals surface area contributed by atoms with E-state index < -0.39 is 10.0 Å². The highest BCUT2D eigenvalue weighted by Crippen LogP contribution is 2.30. The molecule has 1 heterocycles.